The number of allylic oxidation sites excluding steroid dienone is 4. The van der Waals surface area contributed by atoms with Gasteiger partial charge in [-0.2, -0.15) is 4.98 Å². The second-order valence-corrected chi connectivity index (χ2v) is 8.78. The van der Waals surface area contributed by atoms with Crippen molar-refractivity contribution in [3.05, 3.63) is 95.5 Å². The van der Waals surface area contributed by atoms with Crippen LogP contribution in [0.1, 0.15) is 28.8 Å². The van der Waals surface area contributed by atoms with Gasteiger partial charge in [-0.15, -0.1) is 0 Å². The first-order chi connectivity index (χ1) is 18.4. The number of methoxy groups -OCH3 is 1. The highest BCUT2D eigenvalue weighted by Gasteiger charge is 2.31. The van der Waals surface area contributed by atoms with Crippen LogP contribution in [0.5, 0.6) is 5.88 Å². The lowest BCUT2D eigenvalue weighted by Gasteiger charge is -2.36. The minimum absolute atomic E-state index is 0.0179. The van der Waals surface area contributed by atoms with Gasteiger partial charge >= 0.3 is 5.97 Å². The van der Waals surface area contributed by atoms with Crippen molar-refractivity contribution in [2.75, 3.05) is 29.6 Å². The van der Waals surface area contributed by atoms with Gasteiger partial charge in [-0.25, -0.2) is 14.8 Å². The van der Waals surface area contributed by atoms with Gasteiger partial charge < -0.3 is 25.8 Å². The fourth-order valence-corrected chi connectivity index (χ4v) is 4.61. The number of fused-ring (bicyclic) bond motifs is 1. The Bertz CT molecular complexity index is 1480. The van der Waals surface area contributed by atoms with E-state index in [4.69, 9.17) is 10.5 Å². The molecule has 0 unspecified atom stereocenters. The van der Waals surface area contributed by atoms with Crippen LogP contribution in [0, 0.1) is 0 Å². The molecular weight excluding hydrogens is 484 g/mol. The van der Waals surface area contributed by atoms with Crippen LogP contribution < -0.4 is 20.7 Å². The molecule has 2 aliphatic rings. The van der Waals surface area contributed by atoms with Gasteiger partial charge in [0.1, 0.15) is 11.4 Å². The van der Waals surface area contributed by atoms with E-state index in [0.717, 1.165) is 22.4 Å². The van der Waals surface area contributed by atoms with Crippen LogP contribution in [-0.2, 0) is 4.79 Å². The first-order valence-corrected chi connectivity index (χ1v) is 12.1. The first kappa shape index (κ1) is 24.7. The number of carboxylic acid groups (broad SMARTS) is 1. The number of nitrogens with one attached hydrogen (secondary N) is 1. The molecule has 2 aromatic heterocycles. The normalized spacial score (nSPS) is 16.7. The molecule has 0 radical (unpaired) electrons. The maximum atomic E-state index is 13.0. The third-order valence-electron chi connectivity index (χ3n) is 6.44. The molecule has 5 rings (SSSR count). The number of nitrogens with zero attached hydrogens (tertiary/aromatic N) is 4. The number of Topliss-reactive ketones (excluding diaryl/α,β-unsaturated/α-hetero) is 1. The van der Waals surface area contributed by atoms with Crippen LogP contribution in [0.4, 0.5) is 17.5 Å². The molecule has 1 aliphatic heterocycles. The Morgan fingerprint density at radius 1 is 1.18 bits per heavy atom. The fourth-order valence-electron chi connectivity index (χ4n) is 4.61. The number of nitrogens with two attached hydrogens (primary N) is 1. The molecule has 0 saturated heterocycles. The maximum absolute atomic E-state index is 13.0. The molecule has 192 valence electrons. The molecule has 0 fully saturated rings. The van der Waals surface area contributed by atoms with Crippen molar-refractivity contribution in [2.24, 2.45) is 0 Å². The number of hydrogen-bond donors (Lipinski definition) is 3. The largest absolute Gasteiger partial charge is 0.481 e. The third-order valence-corrected chi connectivity index (χ3v) is 6.44. The fraction of sp³-hybridized carbons (Fsp3) is 0.179. The Hall–Kier alpha value is -4.99. The average molecular weight is 511 g/mol. The zero-order chi connectivity index (χ0) is 26.6. The van der Waals surface area contributed by atoms with Crippen LogP contribution in [0.25, 0.3) is 5.57 Å². The van der Waals surface area contributed by atoms with Gasteiger partial charge in [0, 0.05) is 54.5 Å². The van der Waals surface area contributed by atoms with E-state index in [1.165, 1.54) is 6.20 Å². The summed E-state index contributed by atoms with van der Waals surface area (Å²) in [6.45, 7) is 0.385. The number of nitrogen functional groups attached to an aromatic ring is 1. The van der Waals surface area contributed by atoms with E-state index in [9.17, 15) is 14.7 Å². The molecular formula is C28H26N6O4. The predicted octanol–water partition coefficient (Wildman–Crippen LogP) is 3.72. The number of aromatic carboxylic acids is 1. The van der Waals surface area contributed by atoms with Crippen LogP contribution >= 0.6 is 0 Å². The van der Waals surface area contributed by atoms with Crippen molar-refractivity contribution in [2.45, 2.75) is 18.9 Å². The SMILES string of the molecule is COc1cc(C2=CCC(=O)C3=C[C@H](CCNc4nc(N)ncc4C(=O)O)N(c4ccccc4)C=C32)ccn1. The molecule has 0 bridgehead atoms. The number of hydrogen-bond acceptors (Lipinski definition) is 9. The number of pyridine rings is 1. The van der Waals surface area contributed by atoms with E-state index < -0.39 is 5.97 Å². The van der Waals surface area contributed by atoms with Gasteiger partial charge in [0.25, 0.3) is 0 Å². The summed E-state index contributed by atoms with van der Waals surface area (Å²) in [5.41, 5.74) is 9.92. The lowest BCUT2D eigenvalue weighted by molar-refractivity contribution is -0.114. The van der Waals surface area contributed by atoms with Crippen molar-refractivity contribution in [1.82, 2.24) is 15.0 Å². The number of carbonyl (C=O) groups is 2. The van der Waals surface area contributed by atoms with Gasteiger partial charge in [-0.3, -0.25) is 4.79 Å². The molecule has 1 atom stereocenters. The quantitative estimate of drug-likeness (QED) is 0.410. The topological polar surface area (TPSA) is 144 Å². The van der Waals surface area contributed by atoms with Crippen molar-refractivity contribution in [1.29, 1.82) is 0 Å². The van der Waals surface area contributed by atoms with E-state index >= 15 is 0 Å². The summed E-state index contributed by atoms with van der Waals surface area (Å²) >= 11 is 0. The number of para-hydroxylation sites is 1. The number of anilines is 3. The molecule has 0 saturated carbocycles. The number of ether oxygens (including phenoxy) is 1. The summed E-state index contributed by atoms with van der Waals surface area (Å²) in [7, 11) is 1.57. The summed E-state index contributed by atoms with van der Waals surface area (Å²) < 4.78 is 5.31. The van der Waals surface area contributed by atoms with Crippen LogP contribution in [0.15, 0.2) is 84.4 Å². The number of rotatable bonds is 8. The standard InChI is InChI=1S/C28H26N6O4/c1-38-25-13-17(9-11-30-25)20-7-8-24(35)21-14-19(34(16-23(20)21)18-5-3-2-4-6-18)10-12-31-26-22(27(36)37)15-32-28(29)33-26/h2-7,9,11,13-16,19H,8,10,12H2,1H3,(H,36,37)(H3,29,31,32,33)/t19-/m0/s1. The third kappa shape index (κ3) is 4.96. The molecule has 0 amide bonds. The van der Waals surface area contributed by atoms with E-state index in [-0.39, 0.29) is 29.2 Å². The highest BCUT2D eigenvalue weighted by Crippen LogP contribution is 2.39. The minimum atomic E-state index is -1.15. The molecule has 10 heteroatoms. The molecule has 1 aliphatic carbocycles. The highest BCUT2D eigenvalue weighted by molar-refractivity contribution is 6.10. The number of carboxylic acids is 1. The summed E-state index contributed by atoms with van der Waals surface area (Å²) in [6, 6.07) is 13.5. The molecule has 38 heavy (non-hydrogen) atoms. The lowest BCUT2D eigenvalue weighted by atomic mass is 9.81. The van der Waals surface area contributed by atoms with Crippen molar-refractivity contribution in [3.8, 4) is 5.88 Å². The Labute approximate surface area is 219 Å². The average Bonchev–Trinajstić information content (AvgIpc) is 2.93. The van der Waals surface area contributed by atoms with E-state index in [0.29, 0.717) is 30.8 Å². The molecule has 3 heterocycles. The smallest absolute Gasteiger partial charge is 0.341 e. The predicted molar refractivity (Wildman–Crippen MR) is 144 cm³/mol. The van der Waals surface area contributed by atoms with E-state index in [1.54, 1.807) is 13.3 Å². The molecule has 4 N–H and O–H groups in total. The Morgan fingerprint density at radius 2 is 2.00 bits per heavy atom. The van der Waals surface area contributed by atoms with Gasteiger partial charge in [0.05, 0.1) is 13.2 Å². The Morgan fingerprint density at radius 3 is 2.76 bits per heavy atom. The molecule has 0 spiro atoms. The number of ketones is 1. The number of carbonyl (C=O) groups excluding carboxylic acids is 1. The maximum Gasteiger partial charge on any atom is 0.341 e. The van der Waals surface area contributed by atoms with Crippen molar-refractivity contribution in [3.63, 3.8) is 0 Å². The molecule has 10 nitrogen and oxygen atoms in total. The first-order valence-electron chi connectivity index (χ1n) is 12.1. The van der Waals surface area contributed by atoms with Crippen molar-refractivity contribution < 1.29 is 19.4 Å². The van der Waals surface area contributed by atoms with Gasteiger partial charge in [-0.1, -0.05) is 30.4 Å². The zero-order valence-corrected chi connectivity index (χ0v) is 20.7. The summed E-state index contributed by atoms with van der Waals surface area (Å²) in [5.74, 6) is -0.469. The van der Waals surface area contributed by atoms with Gasteiger partial charge in [0.2, 0.25) is 11.8 Å². The minimum Gasteiger partial charge on any atom is -0.481 e. The van der Waals surface area contributed by atoms with Gasteiger partial charge in [-0.05, 0) is 35.8 Å². The number of aromatic nitrogens is 3. The van der Waals surface area contributed by atoms with Crippen LogP contribution in [0.3, 0.4) is 0 Å². The second kappa shape index (κ2) is 10.6. The molecule has 3 aromatic rings. The Balaban J connectivity index is 1.47. The summed E-state index contributed by atoms with van der Waals surface area (Å²) in [4.78, 5) is 38.8. The summed E-state index contributed by atoms with van der Waals surface area (Å²) in [5, 5.41) is 12.5. The van der Waals surface area contributed by atoms with Gasteiger partial charge in [0.15, 0.2) is 5.78 Å². The van der Waals surface area contributed by atoms with Crippen LogP contribution in [-0.4, -0.2) is 51.5 Å². The van der Waals surface area contributed by atoms with Crippen molar-refractivity contribution >= 4 is 34.8 Å². The van der Waals surface area contributed by atoms with Crippen LogP contribution in [0.2, 0.25) is 0 Å². The zero-order valence-electron chi connectivity index (χ0n) is 20.7. The highest BCUT2D eigenvalue weighted by atomic mass is 16.5. The lowest BCUT2D eigenvalue weighted by Crippen LogP contribution is -2.36. The van der Waals surface area contributed by atoms with E-state index in [1.807, 2.05) is 60.8 Å². The van der Waals surface area contributed by atoms with E-state index in [2.05, 4.69) is 25.2 Å². The Kier molecular flexibility index (Phi) is 6.86. The number of benzene rings is 1. The monoisotopic (exact) mass is 510 g/mol. The second-order valence-electron chi connectivity index (χ2n) is 8.78. The summed E-state index contributed by atoms with van der Waals surface area (Å²) in [6.07, 6.45) is 9.66. The molecule has 1 aromatic carbocycles.